The van der Waals surface area contributed by atoms with Crippen LogP contribution in [0.1, 0.15) is 11.1 Å². The van der Waals surface area contributed by atoms with Crippen LogP contribution in [0.25, 0.3) is 76.9 Å². The summed E-state index contributed by atoms with van der Waals surface area (Å²) < 4.78 is 4.63. The largest absolute Gasteiger partial charge is 0.308 e. The molecule has 216 valence electrons. The van der Waals surface area contributed by atoms with Crippen LogP contribution in [-0.4, -0.2) is 21.6 Å². The Morgan fingerprint density at radius 3 is 1.87 bits per heavy atom. The minimum Gasteiger partial charge on any atom is -0.308 e. The summed E-state index contributed by atoms with van der Waals surface area (Å²) >= 11 is 0. The maximum Gasteiger partial charge on any atom is 0.0791 e. The van der Waals surface area contributed by atoms with E-state index >= 15 is 0 Å². The van der Waals surface area contributed by atoms with Crippen molar-refractivity contribution in [3.8, 4) is 22.5 Å². The first kappa shape index (κ1) is 26.2. The van der Waals surface area contributed by atoms with E-state index in [1.54, 1.807) is 0 Å². The number of hydrogen-bond acceptors (Lipinski definition) is 2. The van der Waals surface area contributed by atoms with E-state index < -0.39 is 0 Å². The van der Waals surface area contributed by atoms with Crippen molar-refractivity contribution in [2.75, 3.05) is 0 Å². The minimum atomic E-state index is 0.746. The van der Waals surface area contributed by atoms with Gasteiger partial charge in [0.1, 0.15) is 0 Å². The second-order valence-electron chi connectivity index (χ2n) is 11.8. The van der Waals surface area contributed by atoms with E-state index in [9.17, 15) is 0 Å². The number of nitrogens with zero attached hydrogens (tertiary/aromatic N) is 2. The standard InChI is InChI=1S/C42H28N4/c43-25-27-22-31(26-44)42(46-36-16-8-6-14-33(36)35-24-30(19-20-38(35)46)28-10-2-1-3-11-28)40(23-27)45-37-17-9-7-15-34(37)41-32-13-5-4-12-29(32)18-21-39(41)45/h1-26,43-44H. The lowest BCUT2D eigenvalue weighted by atomic mass is 10.0. The van der Waals surface area contributed by atoms with Crippen LogP contribution < -0.4 is 0 Å². The maximum absolute atomic E-state index is 8.65. The third-order valence-corrected chi connectivity index (χ3v) is 9.27. The Morgan fingerprint density at radius 1 is 0.435 bits per heavy atom. The number of nitrogens with one attached hydrogen (secondary N) is 2. The zero-order valence-electron chi connectivity index (χ0n) is 24.9. The quantitative estimate of drug-likeness (QED) is 0.188. The maximum atomic E-state index is 8.65. The van der Waals surface area contributed by atoms with E-state index in [1.165, 1.54) is 39.5 Å². The smallest absolute Gasteiger partial charge is 0.0791 e. The Kier molecular flexibility index (Phi) is 5.77. The Bertz CT molecular complexity index is 2670. The lowest BCUT2D eigenvalue weighted by molar-refractivity contribution is 1.09. The average molecular weight is 589 g/mol. The molecule has 0 spiro atoms. The number of benzene rings is 7. The van der Waals surface area contributed by atoms with Gasteiger partial charge in [-0.3, -0.25) is 0 Å². The first-order chi connectivity index (χ1) is 22.7. The normalized spacial score (nSPS) is 11.7. The fourth-order valence-corrected chi connectivity index (χ4v) is 7.29. The molecule has 9 aromatic rings. The zero-order valence-corrected chi connectivity index (χ0v) is 24.9. The summed E-state index contributed by atoms with van der Waals surface area (Å²) in [6.45, 7) is 0. The van der Waals surface area contributed by atoms with Gasteiger partial charge in [0.05, 0.1) is 33.4 Å². The van der Waals surface area contributed by atoms with Crippen LogP contribution in [0.15, 0.2) is 146 Å². The van der Waals surface area contributed by atoms with Crippen LogP contribution in [0.3, 0.4) is 0 Å². The van der Waals surface area contributed by atoms with Crippen molar-refractivity contribution in [3.05, 3.63) is 157 Å². The number of aromatic nitrogens is 2. The lowest BCUT2D eigenvalue weighted by Crippen LogP contribution is -2.08. The molecule has 9 rings (SSSR count). The van der Waals surface area contributed by atoms with E-state index in [2.05, 4.69) is 143 Å². The van der Waals surface area contributed by atoms with Crippen molar-refractivity contribution in [1.29, 1.82) is 10.8 Å². The number of rotatable bonds is 5. The molecule has 46 heavy (non-hydrogen) atoms. The van der Waals surface area contributed by atoms with Gasteiger partial charge in [0.2, 0.25) is 0 Å². The molecular weight excluding hydrogens is 560 g/mol. The Morgan fingerprint density at radius 2 is 1.09 bits per heavy atom. The molecule has 0 bridgehead atoms. The van der Waals surface area contributed by atoms with E-state index in [0.29, 0.717) is 0 Å². The van der Waals surface area contributed by atoms with Gasteiger partial charge < -0.3 is 20.0 Å². The van der Waals surface area contributed by atoms with E-state index in [-0.39, 0.29) is 0 Å². The molecule has 0 atom stereocenters. The summed E-state index contributed by atoms with van der Waals surface area (Å²) in [5.41, 5.74) is 9.98. The number of hydrogen-bond donors (Lipinski definition) is 2. The Hall–Kier alpha value is -6.26. The monoisotopic (exact) mass is 588 g/mol. The summed E-state index contributed by atoms with van der Waals surface area (Å²) in [6.07, 6.45) is 2.80. The molecule has 0 aliphatic rings. The molecule has 4 heteroatoms. The molecule has 2 heterocycles. The predicted octanol–water partition coefficient (Wildman–Crippen LogP) is 10.7. The molecule has 0 saturated carbocycles. The van der Waals surface area contributed by atoms with Crippen LogP contribution in [0.4, 0.5) is 0 Å². The van der Waals surface area contributed by atoms with Crippen molar-refractivity contribution in [3.63, 3.8) is 0 Å². The molecule has 0 fully saturated rings. The van der Waals surface area contributed by atoms with Crippen molar-refractivity contribution in [1.82, 2.24) is 9.13 Å². The van der Waals surface area contributed by atoms with Gasteiger partial charge in [0.15, 0.2) is 0 Å². The predicted molar refractivity (Wildman–Crippen MR) is 194 cm³/mol. The van der Waals surface area contributed by atoms with Gasteiger partial charge in [-0.05, 0) is 69.9 Å². The fraction of sp³-hybridized carbons (Fsp3) is 0. The van der Waals surface area contributed by atoms with Crippen LogP contribution in [-0.2, 0) is 0 Å². The number of fused-ring (bicyclic) bond motifs is 8. The van der Waals surface area contributed by atoms with Gasteiger partial charge in [0, 0.05) is 39.5 Å². The van der Waals surface area contributed by atoms with Crippen molar-refractivity contribution < 1.29 is 0 Å². The summed E-state index contributed by atoms with van der Waals surface area (Å²) in [5.74, 6) is 0. The highest BCUT2D eigenvalue weighted by molar-refractivity contribution is 6.21. The van der Waals surface area contributed by atoms with Crippen molar-refractivity contribution in [2.45, 2.75) is 0 Å². The summed E-state index contributed by atoms with van der Waals surface area (Å²) in [5, 5.41) is 24.0. The topological polar surface area (TPSA) is 57.6 Å². The molecule has 0 radical (unpaired) electrons. The van der Waals surface area contributed by atoms with Crippen molar-refractivity contribution >= 4 is 66.8 Å². The zero-order chi connectivity index (χ0) is 30.8. The van der Waals surface area contributed by atoms with Crippen LogP contribution in [0.2, 0.25) is 0 Å². The highest BCUT2D eigenvalue weighted by Gasteiger charge is 2.23. The summed E-state index contributed by atoms with van der Waals surface area (Å²) in [4.78, 5) is 0. The third-order valence-electron chi connectivity index (χ3n) is 9.27. The van der Waals surface area contributed by atoms with Gasteiger partial charge in [-0.2, -0.15) is 0 Å². The number of para-hydroxylation sites is 2. The van der Waals surface area contributed by atoms with Crippen LogP contribution >= 0.6 is 0 Å². The third kappa shape index (κ3) is 3.74. The SMILES string of the molecule is N=Cc1cc(C=N)c(-n2c3ccccc3c3cc(-c4ccccc4)ccc32)c(-n2c3ccccc3c3c4ccccc4ccc32)c1. The van der Waals surface area contributed by atoms with Gasteiger partial charge >= 0.3 is 0 Å². The van der Waals surface area contributed by atoms with Gasteiger partial charge in [0.25, 0.3) is 0 Å². The minimum absolute atomic E-state index is 0.746. The van der Waals surface area contributed by atoms with Crippen LogP contribution in [0.5, 0.6) is 0 Å². The average Bonchev–Trinajstić information content (AvgIpc) is 3.64. The van der Waals surface area contributed by atoms with Gasteiger partial charge in [-0.25, -0.2) is 0 Å². The summed E-state index contributed by atoms with van der Waals surface area (Å²) in [7, 11) is 0. The first-order valence-electron chi connectivity index (χ1n) is 15.4. The fourth-order valence-electron chi connectivity index (χ4n) is 7.29. The Labute approximate surface area is 265 Å². The molecule has 0 aliphatic carbocycles. The summed E-state index contributed by atoms with van der Waals surface area (Å²) in [6, 6.07) is 51.2. The molecule has 0 aliphatic heterocycles. The Balaban J connectivity index is 1.45. The van der Waals surface area contributed by atoms with Gasteiger partial charge in [-0.1, -0.05) is 103 Å². The molecule has 0 saturated heterocycles. The second-order valence-corrected chi connectivity index (χ2v) is 11.8. The highest BCUT2D eigenvalue weighted by atomic mass is 15.1. The van der Waals surface area contributed by atoms with E-state index in [0.717, 1.165) is 60.9 Å². The molecule has 2 N–H and O–H groups in total. The lowest BCUT2D eigenvalue weighted by Gasteiger charge is -2.20. The molecule has 4 nitrogen and oxygen atoms in total. The molecule has 7 aromatic carbocycles. The van der Waals surface area contributed by atoms with E-state index in [4.69, 9.17) is 10.8 Å². The molecular formula is C42H28N4. The highest BCUT2D eigenvalue weighted by Crippen LogP contribution is 2.42. The first-order valence-corrected chi connectivity index (χ1v) is 15.4. The van der Waals surface area contributed by atoms with Crippen molar-refractivity contribution in [2.24, 2.45) is 0 Å². The second kappa shape index (κ2) is 10.1. The van der Waals surface area contributed by atoms with Gasteiger partial charge in [-0.15, -0.1) is 0 Å². The van der Waals surface area contributed by atoms with Crippen LogP contribution in [0, 0.1) is 10.8 Å². The molecule has 0 amide bonds. The molecule has 2 aromatic heterocycles. The molecule has 0 unspecified atom stereocenters. The van der Waals surface area contributed by atoms with E-state index in [1.807, 2.05) is 12.1 Å².